The predicted octanol–water partition coefficient (Wildman–Crippen LogP) is 0.476. The lowest BCUT2D eigenvalue weighted by Gasteiger charge is -2.44. The van der Waals surface area contributed by atoms with Gasteiger partial charge in [0, 0.05) is 23.7 Å². The van der Waals surface area contributed by atoms with Crippen LogP contribution in [0.2, 0.25) is 0 Å². The molecule has 7 nitrogen and oxygen atoms in total. The normalized spacial score (nSPS) is 25.6. The van der Waals surface area contributed by atoms with Crippen LogP contribution in [0.25, 0.3) is 0 Å². The van der Waals surface area contributed by atoms with Gasteiger partial charge in [-0.05, 0) is 13.0 Å². The van der Waals surface area contributed by atoms with Crippen molar-refractivity contribution in [2.24, 2.45) is 5.92 Å². The van der Waals surface area contributed by atoms with Gasteiger partial charge in [-0.3, -0.25) is 4.79 Å². The summed E-state index contributed by atoms with van der Waals surface area (Å²) in [5.41, 5.74) is -0.0145. The minimum atomic E-state index is -1.15. The van der Waals surface area contributed by atoms with Gasteiger partial charge in [0.1, 0.15) is 5.70 Å². The SMILES string of the molecule is CC(O)C1C(=O)N2C(C(=O)O)=C(Sc3ncccn3)CC12. The van der Waals surface area contributed by atoms with Crippen molar-refractivity contribution in [2.45, 2.75) is 30.6 Å². The molecule has 0 radical (unpaired) electrons. The molecule has 0 aromatic carbocycles. The van der Waals surface area contributed by atoms with Crippen molar-refractivity contribution in [1.29, 1.82) is 0 Å². The molecule has 1 amide bonds. The fraction of sp³-hybridized carbons (Fsp3) is 0.385. The number of carboxylic acid groups (broad SMARTS) is 1. The van der Waals surface area contributed by atoms with E-state index in [4.69, 9.17) is 0 Å². The van der Waals surface area contributed by atoms with Crippen molar-refractivity contribution in [3.05, 3.63) is 29.1 Å². The van der Waals surface area contributed by atoms with E-state index in [9.17, 15) is 19.8 Å². The molecule has 1 fully saturated rings. The first-order valence-electron chi connectivity index (χ1n) is 6.43. The van der Waals surface area contributed by atoms with Gasteiger partial charge in [-0.1, -0.05) is 11.8 Å². The van der Waals surface area contributed by atoms with Crippen LogP contribution in [0.1, 0.15) is 13.3 Å². The Hall–Kier alpha value is -1.93. The summed E-state index contributed by atoms with van der Waals surface area (Å²) in [7, 11) is 0. The van der Waals surface area contributed by atoms with Gasteiger partial charge in [0.25, 0.3) is 0 Å². The van der Waals surface area contributed by atoms with E-state index in [1.54, 1.807) is 25.4 Å². The molecule has 0 bridgehead atoms. The van der Waals surface area contributed by atoms with Gasteiger partial charge < -0.3 is 15.1 Å². The number of aromatic nitrogens is 2. The zero-order chi connectivity index (χ0) is 15.1. The number of aliphatic hydroxyl groups excluding tert-OH is 1. The third kappa shape index (κ3) is 2.20. The summed E-state index contributed by atoms with van der Waals surface area (Å²) in [4.78, 5) is 33.4. The highest BCUT2D eigenvalue weighted by atomic mass is 32.2. The third-order valence-corrected chi connectivity index (χ3v) is 4.65. The van der Waals surface area contributed by atoms with Crippen LogP contribution < -0.4 is 0 Å². The Bertz CT molecular complexity index is 632. The number of amides is 1. The Morgan fingerprint density at radius 3 is 2.71 bits per heavy atom. The summed E-state index contributed by atoms with van der Waals surface area (Å²) in [6.07, 6.45) is 2.77. The highest BCUT2D eigenvalue weighted by Crippen LogP contribution is 2.47. The Balaban J connectivity index is 1.89. The van der Waals surface area contributed by atoms with E-state index in [1.165, 1.54) is 4.90 Å². The summed E-state index contributed by atoms with van der Waals surface area (Å²) in [5.74, 6) is -2.01. The predicted molar refractivity (Wildman–Crippen MR) is 73.0 cm³/mol. The maximum atomic E-state index is 12.0. The highest BCUT2D eigenvalue weighted by molar-refractivity contribution is 8.03. The standard InChI is InChI=1S/C13H13N3O4S/c1-6(17)9-7-5-8(21-13-14-3-2-4-15-13)10(12(19)20)16(7)11(9)18/h2-4,6-7,9,17H,5H2,1H3,(H,19,20). The minimum absolute atomic E-state index is 0.0145. The van der Waals surface area contributed by atoms with Crippen molar-refractivity contribution in [3.8, 4) is 0 Å². The number of nitrogens with zero attached hydrogens (tertiary/aromatic N) is 3. The van der Waals surface area contributed by atoms with Crippen molar-refractivity contribution in [3.63, 3.8) is 0 Å². The number of carboxylic acids is 1. The fourth-order valence-electron chi connectivity index (χ4n) is 2.77. The average molecular weight is 307 g/mol. The first-order valence-corrected chi connectivity index (χ1v) is 7.24. The van der Waals surface area contributed by atoms with E-state index in [0.717, 1.165) is 11.8 Å². The number of hydrogen-bond acceptors (Lipinski definition) is 6. The molecule has 110 valence electrons. The molecule has 1 aromatic rings. The van der Waals surface area contributed by atoms with Crippen LogP contribution in [0.15, 0.2) is 34.2 Å². The maximum absolute atomic E-state index is 12.0. The summed E-state index contributed by atoms with van der Waals surface area (Å²) in [6, 6.07) is 1.39. The number of thioether (sulfide) groups is 1. The summed E-state index contributed by atoms with van der Waals surface area (Å²) < 4.78 is 0. The second-order valence-corrected chi connectivity index (χ2v) is 6.02. The van der Waals surface area contributed by atoms with Gasteiger partial charge >= 0.3 is 5.97 Å². The molecule has 1 saturated heterocycles. The van der Waals surface area contributed by atoms with Crippen LogP contribution in [-0.4, -0.2) is 49.1 Å². The van der Waals surface area contributed by atoms with Crippen LogP contribution in [-0.2, 0) is 9.59 Å². The van der Waals surface area contributed by atoms with E-state index in [1.807, 2.05) is 0 Å². The zero-order valence-electron chi connectivity index (χ0n) is 11.1. The molecule has 2 N–H and O–H groups in total. The molecular weight excluding hydrogens is 294 g/mol. The van der Waals surface area contributed by atoms with Crippen LogP contribution in [0.4, 0.5) is 0 Å². The quantitative estimate of drug-likeness (QED) is 0.615. The number of β-lactam (4-membered cyclic amide) rings is 1. The largest absolute Gasteiger partial charge is 0.477 e. The van der Waals surface area contributed by atoms with Gasteiger partial charge in [0.2, 0.25) is 5.91 Å². The van der Waals surface area contributed by atoms with Gasteiger partial charge in [0.05, 0.1) is 18.1 Å². The lowest BCUT2D eigenvalue weighted by atomic mass is 9.83. The Labute approximate surface area is 124 Å². The van der Waals surface area contributed by atoms with E-state index >= 15 is 0 Å². The molecule has 0 saturated carbocycles. The number of aliphatic hydroxyl groups is 1. The highest BCUT2D eigenvalue weighted by Gasteiger charge is 2.56. The smallest absolute Gasteiger partial charge is 0.353 e. The molecular formula is C13H13N3O4S. The van der Waals surface area contributed by atoms with Crippen molar-refractivity contribution in [2.75, 3.05) is 0 Å². The van der Waals surface area contributed by atoms with Gasteiger partial charge in [0.15, 0.2) is 5.16 Å². The summed E-state index contributed by atoms with van der Waals surface area (Å²) in [6.45, 7) is 1.55. The van der Waals surface area contributed by atoms with E-state index in [2.05, 4.69) is 9.97 Å². The number of fused-ring (bicyclic) bond motifs is 1. The Morgan fingerprint density at radius 2 is 2.14 bits per heavy atom. The Morgan fingerprint density at radius 1 is 1.48 bits per heavy atom. The van der Waals surface area contributed by atoms with Crippen LogP contribution in [0.3, 0.4) is 0 Å². The first-order chi connectivity index (χ1) is 10.0. The lowest BCUT2D eigenvalue weighted by Crippen LogP contribution is -2.61. The van der Waals surface area contributed by atoms with E-state index in [-0.39, 0.29) is 17.6 Å². The molecule has 3 unspecified atom stereocenters. The molecule has 3 rings (SSSR count). The Kier molecular flexibility index (Phi) is 3.42. The minimum Gasteiger partial charge on any atom is -0.477 e. The van der Waals surface area contributed by atoms with Crippen LogP contribution in [0, 0.1) is 5.92 Å². The first kappa shape index (κ1) is 14.0. The van der Waals surface area contributed by atoms with Gasteiger partial charge in [-0.25, -0.2) is 14.8 Å². The van der Waals surface area contributed by atoms with Gasteiger partial charge in [-0.15, -0.1) is 0 Å². The number of hydrogen-bond donors (Lipinski definition) is 2. The number of rotatable bonds is 4. The fourth-order valence-corrected chi connectivity index (χ4v) is 3.75. The molecule has 0 aliphatic carbocycles. The van der Waals surface area contributed by atoms with Crippen molar-refractivity contribution in [1.82, 2.24) is 14.9 Å². The molecule has 1 aromatic heterocycles. The second kappa shape index (κ2) is 5.12. The van der Waals surface area contributed by atoms with E-state index in [0.29, 0.717) is 16.5 Å². The second-order valence-electron chi connectivity index (χ2n) is 4.96. The molecule has 3 heterocycles. The average Bonchev–Trinajstić information content (AvgIpc) is 2.74. The number of carbonyl (C=O) groups is 2. The summed E-state index contributed by atoms with van der Waals surface area (Å²) in [5, 5.41) is 19.4. The lowest BCUT2D eigenvalue weighted by molar-refractivity contribution is -0.161. The molecule has 2 aliphatic rings. The molecule has 2 aliphatic heterocycles. The topological polar surface area (TPSA) is 104 Å². The van der Waals surface area contributed by atoms with Crippen LogP contribution in [0.5, 0.6) is 0 Å². The monoisotopic (exact) mass is 307 g/mol. The van der Waals surface area contributed by atoms with Gasteiger partial charge in [-0.2, -0.15) is 0 Å². The van der Waals surface area contributed by atoms with Crippen molar-refractivity contribution < 1.29 is 19.8 Å². The molecule has 0 spiro atoms. The molecule has 8 heteroatoms. The summed E-state index contributed by atoms with van der Waals surface area (Å²) >= 11 is 1.15. The van der Waals surface area contributed by atoms with Crippen molar-refractivity contribution >= 4 is 23.6 Å². The third-order valence-electron chi connectivity index (χ3n) is 3.65. The zero-order valence-corrected chi connectivity index (χ0v) is 11.9. The maximum Gasteiger partial charge on any atom is 0.353 e. The van der Waals surface area contributed by atoms with Crippen LogP contribution >= 0.6 is 11.8 Å². The van der Waals surface area contributed by atoms with E-state index < -0.39 is 18.0 Å². The molecule has 3 atom stereocenters. The number of aliphatic carboxylic acids is 1. The number of carbonyl (C=O) groups excluding carboxylic acids is 1. The molecule has 21 heavy (non-hydrogen) atoms.